The van der Waals surface area contributed by atoms with Crippen molar-refractivity contribution in [2.24, 2.45) is 0 Å². The minimum atomic E-state index is 0.000926. The lowest BCUT2D eigenvalue weighted by atomic mass is 10.2. The predicted molar refractivity (Wildman–Crippen MR) is 74.3 cm³/mol. The molecule has 0 unspecified atom stereocenters. The molecule has 0 saturated carbocycles. The molecule has 96 valence electrons. The van der Waals surface area contributed by atoms with Crippen LogP contribution in [0.2, 0.25) is 0 Å². The van der Waals surface area contributed by atoms with E-state index in [2.05, 4.69) is 15.0 Å². The van der Waals surface area contributed by atoms with Gasteiger partial charge in [-0.1, -0.05) is 0 Å². The molecule has 0 aliphatic carbocycles. The van der Waals surface area contributed by atoms with Crippen molar-refractivity contribution in [3.05, 3.63) is 52.4 Å². The first-order valence-corrected chi connectivity index (χ1v) is 6.83. The van der Waals surface area contributed by atoms with E-state index in [4.69, 9.17) is 0 Å². The fraction of sp³-hybridized carbons (Fsp3) is 0.231. The van der Waals surface area contributed by atoms with Crippen molar-refractivity contribution in [3.8, 4) is 0 Å². The normalized spacial score (nSPS) is 12.7. The molecular formula is C13H12N4OS. The molecule has 3 aromatic heterocycles. The Morgan fingerprint density at radius 3 is 3.05 bits per heavy atom. The zero-order valence-electron chi connectivity index (χ0n) is 10.4. The fourth-order valence-electron chi connectivity index (χ4n) is 2.02. The average Bonchev–Trinajstić information content (AvgIpc) is 2.89. The van der Waals surface area contributed by atoms with Crippen molar-refractivity contribution in [1.82, 2.24) is 19.5 Å². The summed E-state index contributed by atoms with van der Waals surface area (Å²) in [6.07, 6.45) is 7.29. The summed E-state index contributed by atoms with van der Waals surface area (Å²) in [5.74, 6) is 0. The van der Waals surface area contributed by atoms with Crippen molar-refractivity contribution in [2.75, 3.05) is 0 Å². The molecule has 3 heterocycles. The average molecular weight is 272 g/mol. The van der Waals surface area contributed by atoms with Gasteiger partial charge in [-0.25, -0.2) is 4.98 Å². The molecule has 3 rings (SSSR count). The van der Waals surface area contributed by atoms with Gasteiger partial charge in [0, 0.05) is 31.1 Å². The van der Waals surface area contributed by atoms with Gasteiger partial charge in [-0.15, -0.1) is 11.3 Å². The summed E-state index contributed by atoms with van der Waals surface area (Å²) in [4.78, 5) is 25.7. The molecule has 0 amide bonds. The Kier molecular flexibility index (Phi) is 3.08. The molecule has 3 aromatic rings. The summed E-state index contributed by atoms with van der Waals surface area (Å²) in [6.45, 7) is 1.98. The summed E-state index contributed by atoms with van der Waals surface area (Å²) in [6, 6.07) is 1.82. The Hall–Kier alpha value is -2.08. The number of rotatable bonds is 3. The molecule has 6 heteroatoms. The lowest BCUT2D eigenvalue weighted by molar-refractivity contribution is 0.517. The third-order valence-electron chi connectivity index (χ3n) is 3.01. The largest absolute Gasteiger partial charge is 0.295 e. The molecule has 1 atom stereocenters. The predicted octanol–water partition coefficient (Wildman–Crippen LogP) is 2.05. The van der Waals surface area contributed by atoms with Crippen LogP contribution in [0.4, 0.5) is 0 Å². The van der Waals surface area contributed by atoms with E-state index in [1.807, 2.05) is 18.4 Å². The highest BCUT2D eigenvalue weighted by atomic mass is 32.1. The summed E-state index contributed by atoms with van der Waals surface area (Å²) in [7, 11) is 0. The van der Waals surface area contributed by atoms with Gasteiger partial charge in [0.2, 0.25) is 0 Å². The molecular weight excluding hydrogens is 260 g/mol. The van der Waals surface area contributed by atoms with Crippen LogP contribution in [0.5, 0.6) is 0 Å². The van der Waals surface area contributed by atoms with E-state index in [9.17, 15) is 4.79 Å². The minimum Gasteiger partial charge on any atom is -0.295 e. The van der Waals surface area contributed by atoms with E-state index < -0.39 is 0 Å². The lowest BCUT2D eigenvalue weighted by Crippen LogP contribution is -2.24. The van der Waals surface area contributed by atoms with Gasteiger partial charge >= 0.3 is 0 Å². The number of aromatic nitrogens is 4. The highest BCUT2D eigenvalue weighted by Gasteiger charge is 2.11. The molecule has 0 aliphatic rings. The van der Waals surface area contributed by atoms with Gasteiger partial charge in [0.25, 0.3) is 5.56 Å². The van der Waals surface area contributed by atoms with Crippen LogP contribution in [-0.4, -0.2) is 19.5 Å². The third kappa shape index (κ3) is 2.26. The zero-order chi connectivity index (χ0) is 13.2. The molecule has 0 aliphatic heterocycles. The Bertz CT molecular complexity index is 750. The van der Waals surface area contributed by atoms with Crippen molar-refractivity contribution in [3.63, 3.8) is 0 Å². The van der Waals surface area contributed by atoms with E-state index in [0.717, 1.165) is 10.5 Å². The van der Waals surface area contributed by atoms with E-state index in [1.165, 1.54) is 11.3 Å². The first-order chi connectivity index (χ1) is 9.25. The van der Waals surface area contributed by atoms with Crippen molar-refractivity contribution >= 4 is 21.6 Å². The molecule has 0 aromatic carbocycles. The standard InChI is InChI=1S/C13H12N4OS/c1-9(6-10-7-14-3-4-15-10)17-8-16-12-11(13(17)18)2-5-19-12/h2-5,7-9H,6H2,1H3/t9-/m1/s1. The number of hydrogen-bond donors (Lipinski definition) is 0. The summed E-state index contributed by atoms with van der Waals surface area (Å²) >= 11 is 1.48. The highest BCUT2D eigenvalue weighted by molar-refractivity contribution is 7.16. The quantitative estimate of drug-likeness (QED) is 0.732. The van der Waals surface area contributed by atoms with Crippen LogP contribution in [0, 0.1) is 0 Å². The van der Waals surface area contributed by atoms with Crippen molar-refractivity contribution in [2.45, 2.75) is 19.4 Å². The summed E-state index contributed by atoms with van der Waals surface area (Å²) in [5.41, 5.74) is 0.870. The van der Waals surface area contributed by atoms with Gasteiger partial charge in [0.15, 0.2) is 0 Å². The highest BCUT2D eigenvalue weighted by Crippen LogP contribution is 2.16. The second-order valence-corrected chi connectivity index (χ2v) is 5.24. The van der Waals surface area contributed by atoms with Gasteiger partial charge in [-0.2, -0.15) is 0 Å². The topological polar surface area (TPSA) is 60.7 Å². The van der Waals surface area contributed by atoms with Crippen LogP contribution in [0.3, 0.4) is 0 Å². The molecule has 0 spiro atoms. The maximum atomic E-state index is 12.3. The Labute approximate surface area is 113 Å². The van der Waals surface area contributed by atoms with Gasteiger partial charge in [-0.3, -0.25) is 19.3 Å². The van der Waals surface area contributed by atoms with Crippen LogP contribution in [0.25, 0.3) is 10.2 Å². The van der Waals surface area contributed by atoms with Crippen molar-refractivity contribution in [1.29, 1.82) is 0 Å². The van der Waals surface area contributed by atoms with Crippen LogP contribution >= 0.6 is 11.3 Å². The minimum absolute atomic E-state index is 0.000926. The molecule has 0 radical (unpaired) electrons. The maximum absolute atomic E-state index is 12.3. The third-order valence-corrected chi connectivity index (χ3v) is 3.83. The summed E-state index contributed by atoms with van der Waals surface area (Å²) < 4.78 is 1.66. The second-order valence-electron chi connectivity index (χ2n) is 4.35. The van der Waals surface area contributed by atoms with Gasteiger partial charge in [0.1, 0.15) is 4.83 Å². The first kappa shape index (κ1) is 12.0. The zero-order valence-corrected chi connectivity index (χ0v) is 11.2. The van der Waals surface area contributed by atoms with Gasteiger partial charge in [-0.05, 0) is 18.4 Å². The van der Waals surface area contributed by atoms with Crippen LogP contribution < -0.4 is 5.56 Å². The Morgan fingerprint density at radius 2 is 2.26 bits per heavy atom. The Balaban J connectivity index is 1.95. The molecule has 5 nitrogen and oxygen atoms in total. The molecule has 0 N–H and O–H groups in total. The number of hydrogen-bond acceptors (Lipinski definition) is 5. The van der Waals surface area contributed by atoms with E-state index in [0.29, 0.717) is 11.8 Å². The molecule has 0 fully saturated rings. The lowest BCUT2D eigenvalue weighted by Gasteiger charge is -2.13. The monoisotopic (exact) mass is 272 g/mol. The van der Waals surface area contributed by atoms with E-state index >= 15 is 0 Å². The van der Waals surface area contributed by atoms with E-state index in [-0.39, 0.29) is 11.6 Å². The molecule has 0 saturated heterocycles. The smallest absolute Gasteiger partial charge is 0.262 e. The van der Waals surface area contributed by atoms with Crippen LogP contribution in [-0.2, 0) is 6.42 Å². The van der Waals surface area contributed by atoms with Crippen LogP contribution in [0.1, 0.15) is 18.7 Å². The van der Waals surface area contributed by atoms with Gasteiger partial charge < -0.3 is 0 Å². The fourth-order valence-corrected chi connectivity index (χ4v) is 2.74. The SMILES string of the molecule is C[C@H](Cc1cnccn1)n1cnc2sccc2c1=O. The molecule has 19 heavy (non-hydrogen) atoms. The number of thiophene rings is 1. The van der Waals surface area contributed by atoms with Crippen molar-refractivity contribution < 1.29 is 0 Å². The molecule has 0 bridgehead atoms. The van der Waals surface area contributed by atoms with Crippen LogP contribution in [0.15, 0.2) is 41.2 Å². The Morgan fingerprint density at radius 1 is 1.37 bits per heavy atom. The summed E-state index contributed by atoms with van der Waals surface area (Å²) in [5, 5.41) is 2.56. The van der Waals surface area contributed by atoms with E-state index in [1.54, 1.807) is 29.5 Å². The number of nitrogens with zero attached hydrogens (tertiary/aromatic N) is 4. The first-order valence-electron chi connectivity index (χ1n) is 5.95. The number of fused-ring (bicyclic) bond motifs is 1. The second kappa shape index (κ2) is 4.89. The van der Waals surface area contributed by atoms with Gasteiger partial charge in [0.05, 0.1) is 17.4 Å². The maximum Gasteiger partial charge on any atom is 0.262 e.